The van der Waals surface area contributed by atoms with Crippen LogP contribution in [0.15, 0.2) is 36.4 Å². The normalized spacial score (nSPS) is 10.5. The number of hydrogen-bond donors (Lipinski definition) is 2. The molecule has 0 aliphatic heterocycles. The Labute approximate surface area is 174 Å². The molecule has 0 radical (unpaired) electrons. The van der Waals surface area contributed by atoms with Crippen molar-refractivity contribution in [1.82, 2.24) is 20.6 Å². The van der Waals surface area contributed by atoms with Crippen LogP contribution in [0.1, 0.15) is 32.1 Å². The molecule has 2 amide bonds. The van der Waals surface area contributed by atoms with Crippen LogP contribution < -0.4 is 20.1 Å². The van der Waals surface area contributed by atoms with Crippen LogP contribution >= 0.6 is 0 Å². The summed E-state index contributed by atoms with van der Waals surface area (Å²) in [7, 11) is 3.04. The molecule has 0 atom stereocenters. The summed E-state index contributed by atoms with van der Waals surface area (Å²) in [5.74, 6) is 0.518. The first-order valence-electron chi connectivity index (χ1n) is 9.46. The largest absolute Gasteiger partial charge is 0.493 e. The zero-order chi connectivity index (χ0) is 21.7. The van der Waals surface area contributed by atoms with Gasteiger partial charge >= 0.3 is 0 Å². The first-order chi connectivity index (χ1) is 14.4. The average molecular weight is 408 g/mol. The van der Waals surface area contributed by atoms with Crippen molar-refractivity contribution in [3.05, 3.63) is 58.9 Å². The number of fused-ring (bicyclic) bond motifs is 1. The SMILES string of the molecule is COc1ccc(C(=O)NCCNC(=O)c2ccc3nc(C)c(C)nc3c2)cc1OC. The minimum atomic E-state index is -0.267. The standard InChI is InChI=1S/C22H24N4O4/c1-13-14(2)26-18-11-15(5-7-17(18)25-13)21(27)23-9-10-24-22(28)16-6-8-19(29-3)20(12-16)30-4/h5-8,11-12H,9-10H2,1-4H3,(H,23,27)(H,24,28). The van der Waals surface area contributed by atoms with Gasteiger partial charge in [0.2, 0.25) is 0 Å². The van der Waals surface area contributed by atoms with E-state index in [4.69, 9.17) is 9.47 Å². The highest BCUT2D eigenvalue weighted by atomic mass is 16.5. The van der Waals surface area contributed by atoms with Crippen LogP contribution in [0.2, 0.25) is 0 Å². The predicted octanol–water partition coefficient (Wildman–Crippen LogP) is 2.42. The Bertz CT molecular complexity index is 1100. The second-order valence-corrected chi connectivity index (χ2v) is 6.68. The fourth-order valence-electron chi connectivity index (χ4n) is 2.91. The van der Waals surface area contributed by atoms with Crippen molar-refractivity contribution in [3.8, 4) is 11.5 Å². The van der Waals surface area contributed by atoms with E-state index in [9.17, 15) is 9.59 Å². The van der Waals surface area contributed by atoms with Crippen molar-refractivity contribution in [1.29, 1.82) is 0 Å². The molecule has 30 heavy (non-hydrogen) atoms. The van der Waals surface area contributed by atoms with E-state index < -0.39 is 0 Å². The Morgan fingerprint density at radius 2 is 1.30 bits per heavy atom. The molecule has 2 aromatic carbocycles. The maximum Gasteiger partial charge on any atom is 0.251 e. The molecular weight excluding hydrogens is 384 g/mol. The van der Waals surface area contributed by atoms with Crippen molar-refractivity contribution in [2.75, 3.05) is 27.3 Å². The molecule has 8 heteroatoms. The number of amides is 2. The van der Waals surface area contributed by atoms with Crippen molar-refractivity contribution < 1.29 is 19.1 Å². The quantitative estimate of drug-likeness (QED) is 0.582. The Balaban J connectivity index is 1.55. The highest BCUT2D eigenvalue weighted by Gasteiger charge is 2.11. The molecule has 0 spiro atoms. The average Bonchev–Trinajstić information content (AvgIpc) is 2.76. The van der Waals surface area contributed by atoms with E-state index in [0.717, 1.165) is 16.9 Å². The number of carbonyl (C=O) groups excluding carboxylic acids is 2. The number of ether oxygens (including phenoxy) is 2. The van der Waals surface area contributed by atoms with Gasteiger partial charge in [0.15, 0.2) is 11.5 Å². The van der Waals surface area contributed by atoms with Crippen LogP contribution in [-0.4, -0.2) is 49.1 Å². The van der Waals surface area contributed by atoms with Gasteiger partial charge in [0.1, 0.15) is 0 Å². The van der Waals surface area contributed by atoms with Gasteiger partial charge in [-0.3, -0.25) is 9.59 Å². The van der Waals surface area contributed by atoms with Crippen LogP contribution in [0, 0.1) is 13.8 Å². The summed E-state index contributed by atoms with van der Waals surface area (Å²) < 4.78 is 10.4. The molecule has 0 saturated carbocycles. The van der Waals surface area contributed by atoms with Crippen LogP contribution in [0.5, 0.6) is 11.5 Å². The number of hydrogen-bond acceptors (Lipinski definition) is 6. The monoisotopic (exact) mass is 408 g/mol. The molecule has 156 valence electrons. The third-order valence-corrected chi connectivity index (χ3v) is 4.68. The number of benzene rings is 2. The van der Waals surface area contributed by atoms with Gasteiger partial charge in [-0.25, -0.2) is 9.97 Å². The molecule has 0 aliphatic rings. The number of nitrogens with one attached hydrogen (secondary N) is 2. The Morgan fingerprint density at radius 3 is 1.90 bits per heavy atom. The molecule has 1 heterocycles. The topological polar surface area (TPSA) is 102 Å². The highest BCUT2D eigenvalue weighted by molar-refractivity contribution is 5.97. The van der Waals surface area contributed by atoms with E-state index in [2.05, 4.69) is 20.6 Å². The van der Waals surface area contributed by atoms with Crippen LogP contribution in [0.4, 0.5) is 0 Å². The van der Waals surface area contributed by atoms with Crippen molar-refractivity contribution >= 4 is 22.8 Å². The summed E-state index contributed by atoms with van der Waals surface area (Å²) in [5, 5.41) is 5.56. The summed E-state index contributed by atoms with van der Waals surface area (Å²) in [6, 6.07) is 10.1. The van der Waals surface area contributed by atoms with E-state index in [1.165, 1.54) is 14.2 Å². The van der Waals surface area contributed by atoms with Gasteiger partial charge in [-0.05, 0) is 50.2 Å². The summed E-state index contributed by atoms with van der Waals surface area (Å²) in [5.41, 5.74) is 4.05. The number of aromatic nitrogens is 2. The second kappa shape index (κ2) is 9.21. The first kappa shape index (κ1) is 21.0. The Hall–Kier alpha value is -3.68. The molecule has 3 aromatic rings. The van der Waals surface area contributed by atoms with E-state index >= 15 is 0 Å². The van der Waals surface area contributed by atoms with Gasteiger partial charge < -0.3 is 20.1 Å². The maximum absolute atomic E-state index is 12.4. The molecule has 0 aliphatic carbocycles. The molecule has 3 rings (SSSR count). The zero-order valence-corrected chi connectivity index (χ0v) is 17.4. The molecule has 8 nitrogen and oxygen atoms in total. The molecule has 1 aromatic heterocycles. The minimum absolute atomic E-state index is 0.239. The second-order valence-electron chi connectivity index (χ2n) is 6.68. The van der Waals surface area contributed by atoms with Crippen LogP contribution in [0.25, 0.3) is 11.0 Å². The fraction of sp³-hybridized carbons (Fsp3) is 0.273. The molecule has 0 bridgehead atoms. The molecule has 2 N–H and O–H groups in total. The summed E-state index contributed by atoms with van der Waals surface area (Å²) in [6.45, 7) is 4.35. The Kier molecular flexibility index (Phi) is 6.46. The van der Waals surface area contributed by atoms with Crippen molar-refractivity contribution in [2.45, 2.75) is 13.8 Å². The smallest absolute Gasteiger partial charge is 0.251 e. The lowest BCUT2D eigenvalue weighted by Gasteiger charge is -2.10. The number of rotatable bonds is 7. The molecule has 0 saturated heterocycles. The molecule has 0 fully saturated rings. The van der Waals surface area contributed by atoms with Crippen LogP contribution in [0.3, 0.4) is 0 Å². The predicted molar refractivity (Wildman–Crippen MR) is 113 cm³/mol. The number of nitrogens with zero attached hydrogens (tertiary/aromatic N) is 2. The highest BCUT2D eigenvalue weighted by Crippen LogP contribution is 2.27. The third kappa shape index (κ3) is 4.65. The maximum atomic E-state index is 12.4. The van der Waals surface area contributed by atoms with E-state index in [1.54, 1.807) is 36.4 Å². The van der Waals surface area contributed by atoms with Gasteiger partial charge in [-0.1, -0.05) is 0 Å². The molecular formula is C22H24N4O4. The van der Waals surface area contributed by atoms with E-state index in [-0.39, 0.29) is 24.9 Å². The summed E-state index contributed by atoms with van der Waals surface area (Å²) >= 11 is 0. The lowest BCUT2D eigenvalue weighted by molar-refractivity contribution is 0.0927. The van der Waals surface area contributed by atoms with Gasteiger partial charge in [0.25, 0.3) is 11.8 Å². The number of methoxy groups -OCH3 is 2. The van der Waals surface area contributed by atoms with Crippen molar-refractivity contribution in [3.63, 3.8) is 0 Å². The van der Waals surface area contributed by atoms with E-state index in [1.807, 2.05) is 13.8 Å². The van der Waals surface area contributed by atoms with Gasteiger partial charge in [-0.2, -0.15) is 0 Å². The third-order valence-electron chi connectivity index (χ3n) is 4.68. The van der Waals surface area contributed by atoms with Gasteiger partial charge in [-0.15, -0.1) is 0 Å². The van der Waals surface area contributed by atoms with E-state index in [0.29, 0.717) is 28.1 Å². The number of carbonyl (C=O) groups is 2. The lowest BCUT2D eigenvalue weighted by Crippen LogP contribution is -2.34. The van der Waals surface area contributed by atoms with Crippen molar-refractivity contribution in [2.24, 2.45) is 0 Å². The number of aryl methyl sites for hydroxylation is 2. The minimum Gasteiger partial charge on any atom is -0.493 e. The summed E-state index contributed by atoms with van der Waals surface area (Å²) in [4.78, 5) is 33.6. The Morgan fingerprint density at radius 1 is 0.767 bits per heavy atom. The fourth-order valence-corrected chi connectivity index (χ4v) is 2.91. The van der Waals surface area contributed by atoms with Gasteiger partial charge in [0, 0.05) is 24.2 Å². The zero-order valence-electron chi connectivity index (χ0n) is 17.4. The lowest BCUT2D eigenvalue weighted by atomic mass is 10.1. The van der Waals surface area contributed by atoms with Gasteiger partial charge in [0.05, 0.1) is 36.6 Å². The van der Waals surface area contributed by atoms with Crippen LogP contribution in [-0.2, 0) is 0 Å². The molecule has 0 unspecified atom stereocenters. The summed E-state index contributed by atoms with van der Waals surface area (Å²) in [6.07, 6.45) is 0. The first-order valence-corrected chi connectivity index (χ1v) is 9.46.